The molecule has 0 radical (unpaired) electrons. The van der Waals surface area contributed by atoms with Crippen molar-refractivity contribution in [3.63, 3.8) is 0 Å². The number of halogens is 1. The zero-order chi connectivity index (χ0) is 20.2. The van der Waals surface area contributed by atoms with Crippen LogP contribution in [-0.4, -0.2) is 61.4 Å². The molecule has 3 aromatic rings. The van der Waals surface area contributed by atoms with Crippen LogP contribution in [0.5, 0.6) is 0 Å². The monoisotopic (exact) mass is 431 g/mol. The summed E-state index contributed by atoms with van der Waals surface area (Å²) in [6.07, 6.45) is 2.04. The number of benzene rings is 2. The lowest BCUT2D eigenvalue weighted by Crippen LogP contribution is -2.43. The first-order valence-electron chi connectivity index (χ1n) is 9.46. The van der Waals surface area contributed by atoms with Gasteiger partial charge in [-0.3, -0.25) is 14.6 Å². The Labute approximate surface area is 177 Å². The third kappa shape index (κ3) is 4.78. The molecule has 0 N–H and O–H groups in total. The summed E-state index contributed by atoms with van der Waals surface area (Å²) >= 11 is 3.19. The van der Waals surface area contributed by atoms with Crippen molar-refractivity contribution in [3.8, 4) is 0 Å². The van der Waals surface area contributed by atoms with E-state index in [1.165, 1.54) is 35.6 Å². The van der Waals surface area contributed by atoms with Crippen LogP contribution in [0.3, 0.4) is 0 Å². The lowest BCUT2D eigenvalue weighted by molar-refractivity contribution is 0.0391. The van der Waals surface area contributed by atoms with E-state index in [4.69, 9.17) is 9.72 Å². The zero-order valence-corrected chi connectivity index (χ0v) is 17.8. The van der Waals surface area contributed by atoms with Gasteiger partial charge >= 0.3 is 0 Å². The molecule has 2 heterocycles. The number of hydrogen-bond acceptors (Lipinski definition) is 6. The number of rotatable bonds is 6. The zero-order valence-electron chi connectivity index (χ0n) is 16.1. The van der Waals surface area contributed by atoms with E-state index in [-0.39, 0.29) is 11.7 Å². The van der Waals surface area contributed by atoms with Crippen molar-refractivity contribution in [1.29, 1.82) is 0 Å². The lowest BCUT2D eigenvalue weighted by Gasteiger charge is -2.29. The number of hydrogen-bond donors (Lipinski definition) is 0. The molecule has 0 spiro atoms. The third-order valence-electron chi connectivity index (χ3n) is 4.90. The van der Waals surface area contributed by atoms with Crippen LogP contribution >= 0.6 is 23.1 Å². The second-order valence-corrected chi connectivity index (χ2v) is 8.64. The van der Waals surface area contributed by atoms with Crippen LogP contribution in [0.1, 0.15) is 10.4 Å². The Morgan fingerprint density at radius 3 is 2.72 bits per heavy atom. The fourth-order valence-corrected chi connectivity index (χ4v) is 4.78. The minimum Gasteiger partial charge on any atom is -0.379 e. The minimum atomic E-state index is -0.356. The molecule has 152 valence electrons. The average molecular weight is 432 g/mol. The Bertz CT molecular complexity index is 987. The second kappa shape index (κ2) is 9.21. The highest BCUT2D eigenvalue weighted by molar-refractivity contribution is 7.98. The van der Waals surface area contributed by atoms with Gasteiger partial charge in [0.1, 0.15) is 5.82 Å². The Hall–Kier alpha value is -2.00. The summed E-state index contributed by atoms with van der Waals surface area (Å²) in [5.74, 6) is -0.520. The van der Waals surface area contributed by atoms with Crippen LogP contribution in [0.4, 0.5) is 9.52 Å². The first-order chi connectivity index (χ1) is 14.1. The number of amides is 1. The molecule has 1 aliphatic heterocycles. The molecule has 1 fully saturated rings. The van der Waals surface area contributed by atoms with E-state index in [0.29, 0.717) is 30.5 Å². The number of thioether (sulfide) groups is 1. The van der Waals surface area contributed by atoms with Crippen LogP contribution in [0.25, 0.3) is 10.2 Å². The number of thiazole rings is 1. The molecule has 29 heavy (non-hydrogen) atoms. The van der Waals surface area contributed by atoms with Crippen molar-refractivity contribution in [2.45, 2.75) is 4.90 Å². The van der Waals surface area contributed by atoms with E-state index in [1.54, 1.807) is 16.7 Å². The van der Waals surface area contributed by atoms with Crippen LogP contribution < -0.4 is 4.90 Å². The average Bonchev–Trinajstić information content (AvgIpc) is 3.17. The molecular formula is C21H22FN3O2S2. The Morgan fingerprint density at radius 2 is 2.00 bits per heavy atom. The van der Waals surface area contributed by atoms with E-state index in [9.17, 15) is 9.18 Å². The highest BCUT2D eigenvalue weighted by Crippen LogP contribution is 2.32. The number of fused-ring (bicyclic) bond motifs is 1. The summed E-state index contributed by atoms with van der Waals surface area (Å²) < 4.78 is 19.8. The van der Waals surface area contributed by atoms with E-state index in [0.717, 1.165) is 34.7 Å². The van der Waals surface area contributed by atoms with Crippen molar-refractivity contribution >= 4 is 44.4 Å². The molecule has 0 bridgehead atoms. The summed E-state index contributed by atoms with van der Waals surface area (Å²) in [5.41, 5.74) is 1.34. The third-order valence-corrected chi connectivity index (χ3v) is 6.66. The van der Waals surface area contributed by atoms with Crippen molar-refractivity contribution < 1.29 is 13.9 Å². The molecule has 1 aromatic heterocycles. The molecule has 2 aromatic carbocycles. The van der Waals surface area contributed by atoms with Gasteiger partial charge in [-0.1, -0.05) is 11.3 Å². The normalized spacial score (nSPS) is 15.0. The molecule has 4 rings (SSSR count). The molecule has 1 amide bonds. The SMILES string of the molecule is CSc1ccc2nc(N(CCN3CCOCC3)C(=O)c3ccc(F)cc3)sc2c1. The predicted molar refractivity (Wildman–Crippen MR) is 117 cm³/mol. The number of ether oxygens (including phenoxy) is 1. The van der Waals surface area contributed by atoms with Crippen molar-refractivity contribution in [3.05, 3.63) is 53.8 Å². The Balaban J connectivity index is 1.63. The molecule has 1 aliphatic rings. The summed E-state index contributed by atoms with van der Waals surface area (Å²) in [6.45, 7) is 4.40. The number of carbonyl (C=O) groups excluding carboxylic acids is 1. The van der Waals surface area contributed by atoms with Gasteiger partial charge < -0.3 is 4.74 Å². The smallest absolute Gasteiger partial charge is 0.260 e. The maximum Gasteiger partial charge on any atom is 0.260 e. The predicted octanol–water partition coefficient (Wildman–Crippen LogP) is 4.14. The Kier molecular flexibility index (Phi) is 6.44. The fraction of sp³-hybridized carbons (Fsp3) is 0.333. The summed E-state index contributed by atoms with van der Waals surface area (Å²) in [6, 6.07) is 11.8. The van der Waals surface area contributed by atoms with Gasteiger partial charge in [0.2, 0.25) is 0 Å². The van der Waals surface area contributed by atoms with Gasteiger partial charge in [-0.25, -0.2) is 9.37 Å². The van der Waals surface area contributed by atoms with Crippen molar-refractivity contribution in [2.24, 2.45) is 0 Å². The van der Waals surface area contributed by atoms with E-state index in [2.05, 4.69) is 11.0 Å². The number of morpholine rings is 1. The first kappa shape index (κ1) is 20.3. The van der Waals surface area contributed by atoms with Gasteiger partial charge in [-0.15, -0.1) is 11.8 Å². The summed E-state index contributed by atoms with van der Waals surface area (Å²) in [4.78, 5) is 23.1. The van der Waals surface area contributed by atoms with Gasteiger partial charge in [0.15, 0.2) is 5.13 Å². The quantitative estimate of drug-likeness (QED) is 0.549. The van der Waals surface area contributed by atoms with Crippen LogP contribution in [-0.2, 0) is 4.74 Å². The summed E-state index contributed by atoms with van der Waals surface area (Å²) in [5, 5.41) is 0.667. The molecule has 0 saturated carbocycles. The molecule has 0 unspecified atom stereocenters. The molecule has 8 heteroatoms. The standard InChI is InChI=1S/C21H22FN3O2S2/c1-28-17-6-7-18-19(14-17)29-21(23-18)25(9-8-24-10-12-27-13-11-24)20(26)15-2-4-16(22)5-3-15/h2-7,14H,8-13H2,1H3. The van der Waals surface area contributed by atoms with Gasteiger partial charge in [-0.05, 0) is 48.7 Å². The van der Waals surface area contributed by atoms with E-state index in [1.807, 2.05) is 18.4 Å². The van der Waals surface area contributed by atoms with Gasteiger partial charge in [0.05, 0.1) is 23.4 Å². The fourth-order valence-electron chi connectivity index (χ4n) is 3.23. The maximum absolute atomic E-state index is 13.3. The Morgan fingerprint density at radius 1 is 1.24 bits per heavy atom. The molecule has 1 saturated heterocycles. The van der Waals surface area contributed by atoms with Crippen molar-refractivity contribution in [2.75, 3.05) is 50.5 Å². The van der Waals surface area contributed by atoms with E-state index < -0.39 is 0 Å². The van der Waals surface area contributed by atoms with Gasteiger partial charge in [0.25, 0.3) is 5.91 Å². The largest absolute Gasteiger partial charge is 0.379 e. The molecule has 0 aliphatic carbocycles. The minimum absolute atomic E-state index is 0.164. The first-order valence-corrected chi connectivity index (χ1v) is 11.5. The maximum atomic E-state index is 13.3. The van der Waals surface area contributed by atoms with Gasteiger partial charge in [-0.2, -0.15) is 0 Å². The van der Waals surface area contributed by atoms with Crippen LogP contribution in [0, 0.1) is 5.82 Å². The van der Waals surface area contributed by atoms with Crippen LogP contribution in [0.15, 0.2) is 47.4 Å². The molecular weight excluding hydrogens is 409 g/mol. The number of aromatic nitrogens is 1. The number of anilines is 1. The van der Waals surface area contributed by atoms with Crippen molar-refractivity contribution in [1.82, 2.24) is 9.88 Å². The number of nitrogens with zero attached hydrogens (tertiary/aromatic N) is 3. The lowest BCUT2D eigenvalue weighted by atomic mass is 10.2. The number of carbonyl (C=O) groups is 1. The van der Waals surface area contributed by atoms with Gasteiger partial charge in [0, 0.05) is 36.6 Å². The molecule has 0 atom stereocenters. The topological polar surface area (TPSA) is 45.7 Å². The van der Waals surface area contributed by atoms with Crippen LogP contribution in [0.2, 0.25) is 0 Å². The molecule has 5 nitrogen and oxygen atoms in total. The highest BCUT2D eigenvalue weighted by Gasteiger charge is 2.23. The second-order valence-electron chi connectivity index (χ2n) is 6.75. The highest BCUT2D eigenvalue weighted by atomic mass is 32.2. The van der Waals surface area contributed by atoms with E-state index >= 15 is 0 Å². The summed E-state index contributed by atoms with van der Waals surface area (Å²) in [7, 11) is 0.